The molecule has 1 aliphatic rings. The van der Waals surface area contributed by atoms with Crippen LogP contribution in [-0.2, 0) is 4.74 Å². The van der Waals surface area contributed by atoms with Gasteiger partial charge in [0.25, 0.3) is 0 Å². The maximum absolute atomic E-state index is 12.0. The van der Waals surface area contributed by atoms with E-state index in [1.165, 1.54) is 0 Å². The summed E-state index contributed by atoms with van der Waals surface area (Å²) in [5.74, 6) is 0. The Balaban J connectivity index is 2.63. The van der Waals surface area contributed by atoms with E-state index in [0.29, 0.717) is 19.1 Å². The van der Waals surface area contributed by atoms with Crippen molar-refractivity contribution in [3.8, 4) is 0 Å². The summed E-state index contributed by atoms with van der Waals surface area (Å²) in [5, 5.41) is 6.24. The molecule has 2 unspecified atom stereocenters. The summed E-state index contributed by atoms with van der Waals surface area (Å²) in [4.78, 5) is 13.8. The van der Waals surface area contributed by atoms with Gasteiger partial charge in [-0.2, -0.15) is 0 Å². The fourth-order valence-electron chi connectivity index (χ4n) is 1.71. The monoisotopic (exact) mass is 229 g/mol. The van der Waals surface area contributed by atoms with E-state index >= 15 is 0 Å². The van der Waals surface area contributed by atoms with Crippen LogP contribution in [-0.4, -0.2) is 48.9 Å². The highest BCUT2D eigenvalue weighted by atomic mass is 16.5. The number of amides is 2. The molecular formula is C11H23N3O2. The van der Waals surface area contributed by atoms with Crippen LogP contribution in [0.1, 0.15) is 27.7 Å². The van der Waals surface area contributed by atoms with Crippen molar-refractivity contribution >= 4 is 6.03 Å². The van der Waals surface area contributed by atoms with Crippen LogP contribution in [0.5, 0.6) is 0 Å². The Kier molecular flexibility index (Phi) is 4.15. The molecule has 0 saturated carbocycles. The molecular weight excluding hydrogens is 206 g/mol. The van der Waals surface area contributed by atoms with Crippen LogP contribution in [0.4, 0.5) is 4.79 Å². The minimum atomic E-state index is -0.219. The Morgan fingerprint density at radius 2 is 2.12 bits per heavy atom. The van der Waals surface area contributed by atoms with Gasteiger partial charge in [0.2, 0.25) is 0 Å². The summed E-state index contributed by atoms with van der Waals surface area (Å²) in [7, 11) is 1.62. The molecule has 5 heteroatoms. The maximum Gasteiger partial charge on any atom is 0.319 e. The van der Waals surface area contributed by atoms with Gasteiger partial charge >= 0.3 is 6.03 Å². The Bertz CT molecular complexity index is 250. The van der Waals surface area contributed by atoms with E-state index in [4.69, 9.17) is 4.74 Å². The van der Waals surface area contributed by atoms with E-state index in [9.17, 15) is 4.79 Å². The number of carbonyl (C=O) groups is 1. The van der Waals surface area contributed by atoms with Gasteiger partial charge in [-0.3, -0.25) is 4.90 Å². The molecule has 0 bridgehead atoms. The highest BCUT2D eigenvalue weighted by Gasteiger charge is 2.30. The summed E-state index contributed by atoms with van der Waals surface area (Å²) < 4.78 is 5.29. The highest BCUT2D eigenvalue weighted by molar-refractivity contribution is 5.75. The third kappa shape index (κ3) is 3.64. The van der Waals surface area contributed by atoms with Crippen LogP contribution in [0, 0.1) is 0 Å². The van der Waals surface area contributed by atoms with Gasteiger partial charge in [0.15, 0.2) is 0 Å². The zero-order valence-electron chi connectivity index (χ0n) is 10.8. The average Bonchev–Trinajstić information content (AvgIpc) is 2.15. The third-order valence-electron chi connectivity index (χ3n) is 2.47. The molecule has 2 N–H and O–H groups in total. The molecule has 1 aliphatic heterocycles. The van der Waals surface area contributed by atoms with Crippen LogP contribution in [0.2, 0.25) is 0 Å². The first-order valence-electron chi connectivity index (χ1n) is 5.68. The number of ether oxygens (including phenoxy) is 1. The molecule has 1 heterocycles. The number of methoxy groups -OCH3 is 1. The van der Waals surface area contributed by atoms with Gasteiger partial charge in [-0.1, -0.05) is 0 Å². The summed E-state index contributed by atoms with van der Waals surface area (Å²) in [6.07, 6.45) is -0.182. The summed E-state index contributed by atoms with van der Waals surface area (Å²) in [5.41, 5.74) is -0.219. The Morgan fingerprint density at radius 1 is 1.50 bits per heavy atom. The van der Waals surface area contributed by atoms with E-state index in [1.807, 2.05) is 20.8 Å². The van der Waals surface area contributed by atoms with Gasteiger partial charge in [-0.25, -0.2) is 4.79 Å². The SMILES string of the molecule is COC1CNC(C)CN1C(=O)NC(C)(C)C. The summed E-state index contributed by atoms with van der Waals surface area (Å²) in [6.45, 7) is 9.31. The summed E-state index contributed by atoms with van der Waals surface area (Å²) in [6, 6.07) is 0.241. The molecule has 2 atom stereocenters. The first-order valence-corrected chi connectivity index (χ1v) is 5.68. The predicted octanol–water partition coefficient (Wildman–Crippen LogP) is 0.761. The molecule has 1 saturated heterocycles. The number of nitrogens with zero attached hydrogens (tertiary/aromatic N) is 1. The lowest BCUT2D eigenvalue weighted by Crippen LogP contribution is -2.61. The van der Waals surface area contributed by atoms with Gasteiger partial charge < -0.3 is 15.4 Å². The van der Waals surface area contributed by atoms with E-state index in [0.717, 1.165) is 0 Å². The van der Waals surface area contributed by atoms with Gasteiger partial charge in [0.1, 0.15) is 6.23 Å². The number of rotatable bonds is 1. The lowest BCUT2D eigenvalue weighted by molar-refractivity contribution is -0.0302. The van der Waals surface area contributed by atoms with Crippen LogP contribution in [0.3, 0.4) is 0 Å². The largest absolute Gasteiger partial charge is 0.360 e. The molecule has 0 aromatic heterocycles. The Hall–Kier alpha value is -0.810. The lowest BCUT2D eigenvalue weighted by atomic mass is 10.1. The number of hydrogen-bond donors (Lipinski definition) is 2. The van der Waals surface area contributed by atoms with Crippen LogP contribution < -0.4 is 10.6 Å². The molecule has 1 rings (SSSR count). The van der Waals surface area contributed by atoms with Crippen molar-refractivity contribution in [1.29, 1.82) is 0 Å². The second-order valence-corrected chi connectivity index (χ2v) is 5.33. The van der Waals surface area contributed by atoms with Crippen molar-refractivity contribution in [3.63, 3.8) is 0 Å². The van der Waals surface area contributed by atoms with Gasteiger partial charge in [0, 0.05) is 31.8 Å². The van der Waals surface area contributed by atoms with Crippen molar-refractivity contribution in [1.82, 2.24) is 15.5 Å². The maximum atomic E-state index is 12.0. The highest BCUT2D eigenvalue weighted by Crippen LogP contribution is 2.10. The number of carbonyl (C=O) groups excluding carboxylic acids is 1. The zero-order valence-corrected chi connectivity index (χ0v) is 10.8. The van der Waals surface area contributed by atoms with Gasteiger partial charge in [-0.15, -0.1) is 0 Å². The molecule has 2 amide bonds. The molecule has 0 radical (unpaired) electrons. The molecule has 1 fully saturated rings. The lowest BCUT2D eigenvalue weighted by Gasteiger charge is -2.39. The van der Waals surface area contributed by atoms with Crippen molar-refractivity contribution < 1.29 is 9.53 Å². The predicted molar refractivity (Wildman–Crippen MR) is 63.3 cm³/mol. The van der Waals surface area contributed by atoms with Crippen LogP contribution in [0.25, 0.3) is 0 Å². The van der Waals surface area contributed by atoms with Gasteiger partial charge in [-0.05, 0) is 27.7 Å². The number of piperazine rings is 1. The molecule has 0 aromatic rings. The standard InChI is InChI=1S/C11H23N3O2/c1-8-7-14(9(16-5)6-12-8)10(15)13-11(2,3)4/h8-9,12H,6-7H2,1-5H3,(H,13,15). The van der Waals surface area contributed by atoms with Crippen molar-refractivity contribution in [3.05, 3.63) is 0 Å². The quantitative estimate of drug-likeness (QED) is 0.698. The van der Waals surface area contributed by atoms with E-state index in [1.54, 1.807) is 12.0 Å². The normalized spacial score (nSPS) is 26.7. The topological polar surface area (TPSA) is 53.6 Å². The second-order valence-electron chi connectivity index (χ2n) is 5.33. The van der Waals surface area contributed by atoms with Crippen molar-refractivity contribution in [2.24, 2.45) is 0 Å². The molecule has 94 valence electrons. The van der Waals surface area contributed by atoms with Crippen molar-refractivity contribution in [2.45, 2.75) is 45.5 Å². The molecule has 0 aromatic carbocycles. The molecule has 16 heavy (non-hydrogen) atoms. The molecule has 5 nitrogen and oxygen atoms in total. The van der Waals surface area contributed by atoms with E-state index in [-0.39, 0.29) is 17.8 Å². The number of hydrogen-bond acceptors (Lipinski definition) is 3. The van der Waals surface area contributed by atoms with E-state index < -0.39 is 0 Å². The molecule has 0 spiro atoms. The smallest absolute Gasteiger partial charge is 0.319 e. The Labute approximate surface area is 97.5 Å². The van der Waals surface area contributed by atoms with E-state index in [2.05, 4.69) is 17.6 Å². The number of nitrogens with one attached hydrogen (secondary N) is 2. The number of urea groups is 1. The van der Waals surface area contributed by atoms with Crippen LogP contribution in [0.15, 0.2) is 0 Å². The minimum Gasteiger partial charge on any atom is -0.360 e. The summed E-state index contributed by atoms with van der Waals surface area (Å²) >= 11 is 0. The zero-order chi connectivity index (χ0) is 12.3. The first-order chi connectivity index (χ1) is 7.33. The fourth-order valence-corrected chi connectivity index (χ4v) is 1.71. The average molecular weight is 229 g/mol. The van der Waals surface area contributed by atoms with Crippen LogP contribution >= 0.6 is 0 Å². The van der Waals surface area contributed by atoms with Crippen molar-refractivity contribution in [2.75, 3.05) is 20.2 Å². The Morgan fingerprint density at radius 3 is 2.62 bits per heavy atom. The second kappa shape index (κ2) is 5.01. The fraction of sp³-hybridized carbons (Fsp3) is 0.909. The van der Waals surface area contributed by atoms with Gasteiger partial charge in [0.05, 0.1) is 0 Å². The molecule has 0 aliphatic carbocycles. The first kappa shape index (κ1) is 13.3. The third-order valence-corrected chi connectivity index (χ3v) is 2.47. The minimum absolute atomic E-state index is 0.0623.